The lowest BCUT2D eigenvalue weighted by atomic mass is 9.55. The lowest BCUT2D eigenvalue weighted by Gasteiger charge is -2.46. The van der Waals surface area contributed by atoms with E-state index >= 15 is 0 Å². The Morgan fingerprint density at radius 1 is 0.361 bits per heavy atom. The molecule has 3 heteroatoms. The minimum atomic E-state index is -0.442. The van der Waals surface area contributed by atoms with Crippen LogP contribution in [0.15, 0.2) is 209 Å². The number of hydrogen-bond acceptors (Lipinski definition) is 3. The summed E-state index contributed by atoms with van der Waals surface area (Å²) in [6, 6.07) is 73.0. The van der Waals surface area contributed by atoms with E-state index in [1.165, 1.54) is 50.1 Å². The Bertz CT molecular complexity index is 3530. The summed E-state index contributed by atoms with van der Waals surface area (Å²) in [5.41, 5.74) is 19.1. The van der Waals surface area contributed by atoms with Crippen molar-refractivity contribution in [2.45, 2.75) is 24.7 Å². The molecule has 0 bridgehead atoms. The standard InChI is InChI=1S/C58H39NO2/c1-57(2)46-18-7-9-20-48(46)58(49-21-10-8-19-47(49)57)45-17-6-3-14-40(45)41-32-28-37(34-50(41)58)36-26-29-38(30-27-36)59(39-31-33-43-42-15-4-11-23-52(42)61-55(43)35-39)51-22-13-25-54-56(51)44-16-5-12-24-53(44)60-54/h3-35H,1-2H3. The Morgan fingerprint density at radius 3 is 1.66 bits per heavy atom. The van der Waals surface area contributed by atoms with Gasteiger partial charge in [0.15, 0.2) is 0 Å². The molecule has 0 N–H and O–H groups in total. The van der Waals surface area contributed by atoms with Gasteiger partial charge in [-0.25, -0.2) is 0 Å². The first-order chi connectivity index (χ1) is 30.0. The van der Waals surface area contributed by atoms with Gasteiger partial charge in [0.25, 0.3) is 0 Å². The fourth-order valence-electron chi connectivity index (χ4n) is 11.1. The number of hydrogen-bond donors (Lipinski definition) is 0. The van der Waals surface area contributed by atoms with Crippen molar-refractivity contribution < 1.29 is 8.83 Å². The second-order valence-electron chi connectivity index (χ2n) is 17.2. The zero-order valence-corrected chi connectivity index (χ0v) is 33.8. The molecule has 2 aliphatic carbocycles. The van der Waals surface area contributed by atoms with Gasteiger partial charge in [-0.2, -0.15) is 0 Å². The average Bonchev–Trinajstić information content (AvgIpc) is 3.97. The molecule has 3 nitrogen and oxygen atoms in total. The number of para-hydroxylation sites is 2. The molecule has 0 atom stereocenters. The maximum Gasteiger partial charge on any atom is 0.137 e. The van der Waals surface area contributed by atoms with E-state index in [0.29, 0.717) is 0 Å². The Labute approximate surface area is 353 Å². The van der Waals surface area contributed by atoms with Crippen molar-refractivity contribution in [1.82, 2.24) is 0 Å². The van der Waals surface area contributed by atoms with Crippen LogP contribution in [0.1, 0.15) is 47.2 Å². The van der Waals surface area contributed by atoms with Crippen LogP contribution >= 0.6 is 0 Å². The van der Waals surface area contributed by atoms with Gasteiger partial charge in [0.05, 0.1) is 16.5 Å². The minimum absolute atomic E-state index is 0.141. The normalized spacial score (nSPS) is 14.3. The van der Waals surface area contributed by atoms with Gasteiger partial charge in [0.1, 0.15) is 22.3 Å². The van der Waals surface area contributed by atoms with Crippen molar-refractivity contribution in [3.63, 3.8) is 0 Å². The molecule has 0 saturated carbocycles. The highest BCUT2D eigenvalue weighted by Crippen LogP contribution is 2.62. The van der Waals surface area contributed by atoms with Gasteiger partial charge in [-0.1, -0.05) is 153 Å². The molecule has 2 heterocycles. The molecule has 0 amide bonds. The van der Waals surface area contributed by atoms with Crippen LogP contribution in [0.5, 0.6) is 0 Å². The molecule has 0 radical (unpaired) electrons. The number of fused-ring (bicyclic) bond motifs is 15. The first kappa shape index (κ1) is 34.3. The van der Waals surface area contributed by atoms with Crippen LogP contribution in [0.3, 0.4) is 0 Å². The van der Waals surface area contributed by atoms with Crippen molar-refractivity contribution in [1.29, 1.82) is 0 Å². The lowest BCUT2D eigenvalue weighted by molar-refractivity contribution is 0.563. The highest BCUT2D eigenvalue weighted by molar-refractivity contribution is 6.14. The van der Waals surface area contributed by atoms with E-state index in [1.54, 1.807) is 0 Å². The fraction of sp³-hybridized carbons (Fsp3) is 0.0690. The fourth-order valence-corrected chi connectivity index (χ4v) is 11.1. The number of benzene rings is 9. The van der Waals surface area contributed by atoms with Gasteiger partial charge in [-0.05, 0) is 110 Å². The molecule has 0 unspecified atom stereocenters. The molecule has 0 fully saturated rings. The molecule has 288 valence electrons. The summed E-state index contributed by atoms with van der Waals surface area (Å²) in [6.45, 7) is 4.76. The highest BCUT2D eigenvalue weighted by Gasteiger charge is 2.53. The van der Waals surface area contributed by atoms with Gasteiger partial charge in [-0.15, -0.1) is 0 Å². The number of furan rings is 2. The minimum Gasteiger partial charge on any atom is -0.456 e. The molecule has 13 rings (SSSR count). The predicted molar refractivity (Wildman–Crippen MR) is 251 cm³/mol. The van der Waals surface area contributed by atoms with Crippen LogP contribution in [0, 0.1) is 0 Å². The zero-order valence-electron chi connectivity index (χ0n) is 33.8. The van der Waals surface area contributed by atoms with Crippen LogP contribution in [0.25, 0.3) is 66.1 Å². The van der Waals surface area contributed by atoms with Gasteiger partial charge in [-0.3, -0.25) is 0 Å². The number of rotatable bonds is 4. The maximum atomic E-state index is 6.45. The number of anilines is 3. The van der Waals surface area contributed by atoms with Crippen molar-refractivity contribution in [3.05, 3.63) is 234 Å². The van der Waals surface area contributed by atoms with E-state index in [0.717, 1.165) is 66.5 Å². The van der Waals surface area contributed by atoms with E-state index in [9.17, 15) is 0 Å². The highest BCUT2D eigenvalue weighted by atomic mass is 16.3. The third kappa shape index (κ3) is 4.63. The summed E-state index contributed by atoms with van der Waals surface area (Å²) in [5.74, 6) is 0. The molecule has 2 aromatic heterocycles. The average molecular weight is 782 g/mol. The SMILES string of the molecule is CC1(C)c2ccccc2C2(c3ccccc3-c3ccc(-c4ccc(N(c5ccc6c(c5)oc5ccccc56)c5cccc6oc7ccccc7c56)cc4)cc32)c2ccccc21. The monoisotopic (exact) mass is 781 g/mol. The Hall–Kier alpha value is -7.62. The molecule has 0 aliphatic heterocycles. The smallest absolute Gasteiger partial charge is 0.137 e. The van der Waals surface area contributed by atoms with E-state index in [-0.39, 0.29) is 5.41 Å². The van der Waals surface area contributed by atoms with Gasteiger partial charge in [0, 0.05) is 39.0 Å². The second-order valence-corrected chi connectivity index (χ2v) is 17.2. The molecule has 1 spiro atoms. The molecule has 0 saturated heterocycles. The van der Waals surface area contributed by atoms with E-state index in [1.807, 2.05) is 24.3 Å². The number of nitrogens with zero attached hydrogens (tertiary/aromatic N) is 1. The quantitative estimate of drug-likeness (QED) is 0.178. The second kappa shape index (κ2) is 12.5. The first-order valence-electron chi connectivity index (χ1n) is 21.2. The maximum absolute atomic E-state index is 6.45. The van der Waals surface area contributed by atoms with Gasteiger partial charge >= 0.3 is 0 Å². The first-order valence-corrected chi connectivity index (χ1v) is 21.2. The van der Waals surface area contributed by atoms with E-state index in [4.69, 9.17) is 8.83 Å². The van der Waals surface area contributed by atoms with Crippen molar-refractivity contribution in [2.75, 3.05) is 4.90 Å². The third-order valence-corrected chi connectivity index (χ3v) is 13.8. The van der Waals surface area contributed by atoms with E-state index < -0.39 is 5.41 Å². The Balaban J connectivity index is 0.994. The van der Waals surface area contributed by atoms with Crippen LogP contribution in [-0.2, 0) is 10.8 Å². The van der Waals surface area contributed by atoms with Crippen LogP contribution in [0.2, 0.25) is 0 Å². The molecule has 2 aliphatic rings. The lowest BCUT2D eigenvalue weighted by Crippen LogP contribution is -2.40. The molecule has 9 aromatic carbocycles. The summed E-state index contributed by atoms with van der Waals surface area (Å²) in [6.07, 6.45) is 0. The van der Waals surface area contributed by atoms with Crippen LogP contribution < -0.4 is 4.90 Å². The summed E-state index contributed by atoms with van der Waals surface area (Å²) in [5, 5.41) is 4.38. The zero-order chi connectivity index (χ0) is 40.5. The Kier molecular flexibility index (Phi) is 6.99. The van der Waals surface area contributed by atoms with Crippen LogP contribution in [-0.4, -0.2) is 0 Å². The summed E-state index contributed by atoms with van der Waals surface area (Å²) >= 11 is 0. The van der Waals surface area contributed by atoms with Crippen molar-refractivity contribution >= 4 is 60.9 Å². The Morgan fingerprint density at radius 2 is 0.902 bits per heavy atom. The van der Waals surface area contributed by atoms with E-state index in [2.05, 4.69) is 195 Å². The molecule has 61 heavy (non-hydrogen) atoms. The summed E-state index contributed by atoms with van der Waals surface area (Å²) < 4.78 is 12.9. The van der Waals surface area contributed by atoms with Gasteiger partial charge in [0.2, 0.25) is 0 Å². The molecular weight excluding hydrogens is 743 g/mol. The van der Waals surface area contributed by atoms with Crippen molar-refractivity contribution in [2.24, 2.45) is 0 Å². The third-order valence-electron chi connectivity index (χ3n) is 13.8. The van der Waals surface area contributed by atoms with Crippen LogP contribution in [0.4, 0.5) is 17.1 Å². The largest absolute Gasteiger partial charge is 0.456 e. The summed E-state index contributed by atoms with van der Waals surface area (Å²) in [4.78, 5) is 2.34. The predicted octanol–water partition coefficient (Wildman–Crippen LogP) is 15.6. The van der Waals surface area contributed by atoms with Crippen molar-refractivity contribution in [3.8, 4) is 22.3 Å². The summed E-state index contributed by atoms with van der Waals surface area (Å²) in [7, 11) is 0. The topological polar surface area (TPSA) is 29.5 Å². The van der Waals surface area contributed by atoms with Gasteiger partial charge < -0.3 is 13.7 Å². The molecular formula is C58H39NO2. The molecule has 11 aromatic rings.